The van der Waals surface area contributed by atoms with Crippen LogP contribution in [-0.2, 0) is 17.4 Å². The summed E-state index contributed by atoms with van der Waals surface area (Å²) in [5.74, 6) is -2.25. The molecule has 3 aromatic carbocycles. The van der Waals surface area contributed by atoms with E-state index in [1.165, 1.54) is 24.3 Å². The lowest BCUT2D eigenvalue weighted by Gasteiger charge is -2.27. The number of nitrogens with one attached hydrogen (secondary N) is 1. The molecule has 0 fully saturated rings. The van der Waals surface area contributed by atoms with Gasteiger partial charge in [0, 0.05) is 25.1 Å². The minimum Gasteiger partial charge on any atom is -0.480 e. The molecule has 11 heteroatoms. The standard InChI is InChI=1S/C29H23Cl2F3N2O4/c30-22-2-1-3-23(31)25(22)26(37)35-24(28(39)40)16-17-4-6-18(7-5-17)19-12-14-36(15-13-19)27(38)20-8-10-21(11-9-20)29(32,33)34/h1-12,24H,13-16H2,(H,35,37)(H,39,40)/t24-/m0/s1. The van der Waals surface area contributed by atoms with Crippen LogP contribution in [0.15, 0.2) is 72.8 Å². The zero-order chi connectivity index (χ0) is 29.0. The van der Waals surface area contributed by atoms with Crippen LogP contribution in [0.4, 0.5) is 13.2 Å². The van der Waals surface area contributed by atoms with Crippen molar-refractivity contribution in [3.63, 3.8) is 0 Å². The van der Waals surface area contributed by atoms with Crippen molar-refractivity contribution in [2.24, 2.45) is 0 Å². The molecule has 208 valence electrons. The minimum absolute atomic E-state index is 0.00233. The van der Waals surface area contributed by atoms with Gasteiger partial charge in [-0.15, -0.1) is 0 Å². The highest BCUT2D eigenvalue weighted by atomic mass is 35.5. The van der Waals surface area contributed by atoms with Crippen molar-refractivity contribution in [1.29, 1.82) is 0 Å². The maximum atomic E-state index is 12.8. The second kappa shape index (κ2) is 12.1. The number of halogens is 5. The number of carbonyl (C=O) groups is 3. The van der Waals surface area contributed by atoms with Gasteiger partial charge in [0.25, 0.3) is 11.8 Å². The Bertz CT molecular complexity index is 1440. The van der Waals surface area contributed by atoms with Crippen LogP contribution in [0, 0.1) is 0 Å². The van der Waals surface area contributed by atoms with E-state index in [0.717, 1.165) is 23.3 Å². The van der Waals surface area contributed by atoms with E-state index >= 15 is 0 Å². The van der Waals surface area contributed by atoms with Gasteiger partial charge in [0.2, 0.25) is 0 Å². The summed E-state index contributed by atoms with van der Waals surface area (Å²) < 4.78 is 38.4. The summed E-state index contributed by atoms with van der Waals surface area (Å²) in [5, 5.41) is 12.3. The quantitative estimate of drug-likeness (QED) is 0.335. The number of hydrogen-bond donors (Lipinski definition) is 2. The van der Waals surface area contributed by atoms with Gasteiger partial charge < -0.3 is 15.3 Å². The summed E-state index contributed by atoms with van der Waals surface area (Å²) in [6.07, 6.45) is -2.02. The Morgan fingerprint density at radius 1 is 0.950 bits per heavy atom. The van der Waals surface area contributed by atoms with Gasteiger partial charge in [-0.25, -0.2) is 4.79 Å². The fraction of sp³-hybridized carbons (Fsp3) is 0.207. The summed E-state index contributed by atoms with van der Waals surface area (Å²) in [5.41, 5.74) is 1.93. The lowest BCUT2D eigenvalue weighted by atomic mass is 9.96. The smallest absolute Gasteiger partial charge is 0.416 e. The molecule has 1 heterocycles. The maximum absolute atomic E-state index is 12.8. The molecule has 1 atom stereocenters. The van der Waals surface area contributed by atoms with Crippen molar-refractivity contribution in [2.45, 2.75) is 25.1 Å². The number of alkyl halides is 3. The Balaban J connectivity index is 1.38. The average molecular weight is 591 g/mol. The summed E-state index contributed by atoms with van der Waals surface area (Å²) in [4.78, 5) is 38.8. The predicted molar refractivity (Wildman–Crippen MR) is 145 cm³/mol. The fourth-order valence-electron chi connectivity index (χ4n) is 4.34. The lowest BCUT2D eigenvalue weighted by molar-refractivity contribution is -0.139. The van der Waals surface area contributed by atoms with Gasteiger partial charge in [0.15, 0.2) is 0 Å². The van der Waals surface area contributed by atoms with E-state index < -0.39 is 29.7 Å². The highest BCUT2D eigenvalue weighted by Crippen LogP contribution is 2.30. The number of rotatable bonds is 7. The van der Waals surface area contributed by atoms with Crippen LogP contribution in [0.3, 0.4) is 0 Å². The summed E-state index contributed by atoms with van der Waals surface area (Å²) in [6, 6.07) is 14.7. The Kier molecular flexibility index (Phi) is 8.85. The zero-order valence-electron chi connectivity index (χ0n) is 20.8. The monoisotopic (exact) mass is 590 g/mol. The van der Waals surface area contributed by atoms with Crippen LogP contribution in [0.25, 0.3) is 5.57 Å². The Morgan fingerprint density at radius 2 is 1.57 bits per heavy atom. The third-order valence-corrected chi connectivity index (χ3v) is 7.14. The molecule has 0 aromatic heterocycles. The second-order valence-electron chi connectivity index (χ2n) is 9.17. The number of aliphatic carboxylic acids is 1. The highest BCUT2D eigenvalue weighted by molar-refractivity contribution is 6.39. The third-order valence-electron chi connectivity index (χ3n) is 6.51. The van der Waals surface area contributed by atoms with Crippen LogP contribution < -0.4 is 5.32 Å². The molecule has 3 aromatic rings. The molecule has 0 bridgehead atoms. The van der Waals surface area contributed by atoms with Crippen LogP contribution in [0.5, 0.6) is 0 Å². The molecule has 0 radical (unpaired) electrons. The maximum Gasteiger partial charge on any atom is 0.416 e. The predicted octanol–water partition coefficient (Wildman–Crippen LogP) is 6.37. The number of amides is 2. The van der Waals surface area contributed by atoms with Gasteiger partial charge in [0.1, 0.15) is 6.04 Å². The van der Waals surface area contributed by atoms with Crippen molar-refractivity contribution in [1.82, 2.24) is 10.2 Å². The molecule has 0 spiro atoms. The Morgan fingerprint density at radius 3 is 2.10 bits per heavy atom. The minimum atomic E-state index is -4.47. The summed E-state index contributed by atoms with van der Waals surface area (Å²) in [7, 11) is 0. The van der Waals surface area contributed by atoms with Crippen molar-refractivity contribution < 1.29 is 32.7 Å². The number of benzene rings is 3. The normalized spacial score (nSPS) is 14.3. The van der Waals surface area contributed by atoms with Crippen LogP contribution >= 0.6 is 23.2 Å². The number of carboxylic acid groups (broad SMARTS) is 1. The number of carboxylic acids is 1. The largest absolute Gasteiger partial charge is 0.480 e. The fourth-order valence-corrected chi connectivity index (χ4v) is 4.91. The van der Waals surface area contributed by atoms with Gasteiger partial charge in [-0.3, -0.25) is 9.59 Å². The van der Waals surface area contributed by atoms with E-state index in [0.29, 0.717) is 25.1 Å². The molecule has 40 heavy (non-hydrogen) atoms. The first-order valence-electron chi connectivity index (χ1n) is 12.2. The molecule has 4 rings (SSSR count). The third kappa shape index (κ3) is 6.84. The van der Waals surface area contributed by atoms with E-state index in [9.17, 15) is 32.7 Å². The molecule has 2 amide bonds. The van der Waals surface area contributed by atoms with E-state index in [2.05, 4.69) is 5.32 Å². The van der Waals surface area contributed by atoms with Crippen LogP contribution in [0.2, 0.25) is 10.0 Å². The molecule has 0 unspecified atom stereocenters. The Hall–Kier alpha value is -3.82. The molecule has 0 aliphatic carbocycles. The molecule has 6 nitrogen and oxygen atoms in total. The van der Waals surface area contributed by atoms with Gasteiger partial charge in [0.05, 0.1) is 21.2 Å². The molecule has 2 N–H and O–H groups in total. The summed E-state index contributed by atoms with van der Waals surface area (Å²) >= 11 is 12.1. The van der Waals surface area contributed by atoms with Gasteiger partial charge in [-0.2, -0.15) is 13.2 Å². The van der Waals surface area contributed by atoms with Crippen molar-refractivity contribution >= 4 is 46.6 Å². The van der Waals surface area contributed by atoms with Crippen molar-refractivity contribution in [3.05, 3.63) is 111 Å². The topological polar surface area (TPSA) is 86.7 Å². The SMILES string of the molecule is O=C(N[C@@H](Cc1ccc(C2=CCN(C(=O)c3ccc(C(F)(F)F)cc3)CC2)cc1)C(=O)O)c1c(Cl)cccc1Cl. The molecule has 0 saturated carbocycles. The molecule has 1 aliphatic rings. The van der Waals surface area contributed by atoms with Crippen LogP contribution in [-0.4, -0.2) is 46.9 Å². The first-order valence-corrected chi connectivity index (χ1v) is 12.9. The number of nitrogens with zero attached hydrogens (tertiary/aromatic N) is 1. The lowest BCUT2D eigenvalue weighted by Crippen LogP contribution is -2.42. The van der Waals surface area contributed by atoms with Gasteiger partial charge >= 0.3 is 12.1 Å². The van der Waals surface area contributed by atoms with E-state index in [1.54, 1.807) is 23.1 Å². The zero-order valence-corrected chi connectivity index (χ0v) is 22.4. The first-order chi connectivity index (χ1) is 18.9. The van der Waals surface area contributed by atoms with Crippen molar-refractivity contribution in [3.8, 4) is 0 Å². The van der Waals surface area contributed by atoms with E-state index in [4.69, 9.17) is 23.2 Å². The Labute approximate surface area is 238 Å². The average Bonchev–Trinajstić information content (AvgIpc) is 2.92. The van der Waals surface area contributed by atoms with E-state index in [1.807, 2.05) is 18.2 Å². The number of carbonyl (C=O) groups excluding carboxylic acids is 2. The first kappa shape index (κ1) is 29.2. The summed E-state index contributed by atoms with van der Waals surface area (Å²) in [6.45, 7) is 0.694. The van der Waals surface area contributed by atoms with Crippen molar-refractivity contribution in [2.75, 3.05) is 13.1 Å². The van der Waals surface area contributed by atoms with E-state index in [-0.39, 0.29) is 33.5 Å². The number of hydrogen-bond acceptors (Lipinski definition) is 3. The molecular weight excluding hydrogens is 568 g/mol. The molecular formula is C29H23Cl2F3N2O4. The second-order valence-corrected chi connectivity index (χ2v) is 9.98. The highest BCUT2D eigenvalue weighted by Gasteiger charge is 2.30. The van der Waals surface area contributed by atoms with Gasteiger partial charge in [-0.05, 0) is 59.5 Å². The molecule has 1 aliphatic heterocycles. The molecule has 0 saturated heterocycles. The van der Waals surface area contributed by atoms with Gasteiger partial charge in [-0.1, -0.05) is 59.6 Å². The van der Waals surface area contributed by atoms with Crippen LogP contribution in [0.1, 0.15) is 43.8 Å².